The van der Waals surface area contributed by atoms with Crippen LogP contribution in [0.25, 0.3) is 0 Å². The molecule has 26 heavy (non-hydrogen) atoms. The zero-order valence-corrected chi connectivity index (χ0v) is 16.2. The molecule has 1 aliphatic rings. The van der Waals surface area contributed by atoms with Gasteiger partial charge in [-0.25, -0.2) is 8.42 Å². The minimum Gasteiger partial charge on any atom is -0.345 e. The van der Waals surface area contributed by atoms with E-state index in [4.69, 9.17) is 0 Å². The van der Waals surface area contributed by atoms with Crippen molar-refractivity contribution >= 4 is 15.9 Å². The Balaban J connectivity index is 2.04. The number of H-pyrrole nitrogens is 1. The largest absolute Gasteiger partial charge is 0.345 e. The van der Waals surface area contributed by atoms with Crippen molar-refractivity contribution in [2.75, 3.05) is 20.6 Å². The molecule has 1 fully saturated rings. The van der Waals surface area contributed by atoms with Gasteiger partial charge >= 0.3 is 0 Å². The number of piperidine rings is 1. The van der Waals surface area contributed by atoms with E-state index >= 15 is 0 Å². The minimum absolute atomic E-state index is 0.200. The zero-order valence-electron chi connectivity index (χ0n) is 15.4. The Kier molecular flexibility index (Phi) is 4.89. The van der Waals surface area contributed by atoms with Crippen molar-refractivity contribution in [1.82, 2.24) is 29.2 Å². The van der Waals surface area contributed by atoms with Crippen molar-refractivity contribution in [3.63, 3.8) is 0 Å². The number of nitrogens with zero attached hydrogens (tertiary/aromatic N) is 5. The van der Waals surface area contributed by atoms with Crippen LogP contribution in [0.5, 0.6) is 0 Å². The quantitative estimate of drug-likeness (QED) is 0.854. The second kappa shape index (κ2) is 6.84. The lowest BCUT2D eigenvalue weighted by molar-refractivity contribution is 0.0824. The molecule has 1 saturated heterocycles. The number of nitrogens with one attached hydrogen (secondary N) is 1. The van der Waals surface area contributed by atoms with E-state index in [-0.39, 0.29) is 10.8 Å². The van der Waals surface area contributed by atoms with Gasteiger partial charge in [0.15, 0.2) is 0 Å². The van der Waals surface area contributed by atoms with Gasteiger partial charge in [-0.1, -0.05) is 6.42 Å². The Labute approximate surface area is 153 Å². The van der Waals surface area contributed by atoms with E-state index < -0.39 is 16.1 Å². The van der Waals surface area contributed by atoms with Gasteiger partial charge in [-0.15, -0.1) is 0 Å². The van der Waals surface area contributed by atoms with Gasteiger partial charge in [0.2, 0.25) is 10.0 Å². The standard InChI is InChI=1S/C16H24N6O3S/c1-11-14(10-18-21(11)4)26(24,25)22-8-6-5-7-13(22)15-12(9-17-19-15)16(23)20(2)3/h9-10,13H,5-8H2,1-4H3,(H,17,19)/t13-/m0/s1. The molecule has 0 radical (unpaired) electrons. The molecule has 1 amide bonds. The van der Waals surface area contributed by atoms with Crippen LogP contribution in [0.15, 0.2) is 17.3 Å². The van der Waals surface area contributed by atoms with Crippen LogP contribution in [0, 0.1) is 6.92 Å². The van der Waals surface area contributed by atoms with Gasteiger partial charge in [0, 0.05) is 27.7 Å². The van der Waals surface area contributed by atoms with Gasteiger partial charge in [-0.2, -0.15) is 14.5 Å². The smallest absolute Gasteiger partial charge is 0.256 e. The Morgan fingerprint density at radius 3 is 2.65 bits per heavy atom. The Morgan fingerprint density at radius 2 is 2.04 bits per heavy atom. The number of carbonyl (C=O) groups is 1. The SMILES string of the molecule is Cc1c(S(=O)(=O)N2CCCC[C@H]2c2[nH]ncc2C(=O)N(C)C)cnn1C. The third-order valence-corrected chi connectivity index (χ3v) is 6.88. The number of rotatable bonds is 4. The van der Waals surface area contributed by atoms with Crippen LogP contribution in [-0.4, -0.2) is 64.1 Å². The summed E-state index contributed by atoms with van der Waals surface area (Å²) < 4.78 is 29.6. The number of aryl methyl sites for hydroxylation is 1. The van der Waals surface area contributed by atoms with E-state index in [1.54, 1.807) is 32.7 Å². The number of amides is 1. The maximum absolute atomic E-state index is 13.3. The molecule has 1 aliphatic heterocycles. The second-order valence-corrected chi connectivity index (χ2v) is 8.60. The molecule has 10 heteroatoms. The molecule has 3 rings (SSSR count). The van der Waals surface area contributed by atoms with Crippen LogP contribution in [0.1, 0.15) is 47.1 Å². The maximum atomic E-state index is 13.3. The minimum atomic E-state index is -3.73. The van der Waals surface area contributed by atoms with E-state index in [1.165, 1.54) is 21.6 Å². The van der Waals surface area contributed by atoms with E-state index in [1.807, 2.05) is 0 Å². The maximum Gasteiger partial charge on any atom is 0.256 e. The van der Waals surface area contributed by atoms with Crippen molar-refractivity contribution in [1.29, 1.82) is 0 Å². The summed E-state index contributed by atoms with van der Waals surface area (Å²) in [5, 5.41) is 10.9. The third kappa shape index (κ3) is 3.03. The summed E-state index contributed by atoms with van der Waals surface area (Å²) in [6.45, 7) is 2.13. The fourth-order valence-corrected chi connectivity index (χ4v) is 5.15. The number of aromatic nitrogens is 4. The first kappa shape index (κ1) is 18.6. The molecule has 0 aromatic carbocycles. The van der Waals surface area contributed by atoms with Crippen LogP contribution < -0.4 is 0 Å². The summed E-state index contributed by atoms with van der Waals surface area (Å²) in [5.41, 5.74) is 1.54. The molecule has 1 N–H and O–H groups in total. The average molecular weight is 380 g/mol. The number of hydrogen-bond acceptors (Lipinski definition) is 5. The lowest BCUT2D eigenvalue weighted by Gasteiger charge is -2.34. The van der Waals surface area contributed by atoms with Crippen molar-refractivity contribution in [2.24, 2.45) is 7.05 Å². The molecular formula is C16H24N6O3S. The number of sulfonamides is 1. The summed E-state index contributed by atoms with van der Waals surface area (Å²) in [7, 11) is 1.30. The molecule has 2 aromatic rings. The predicted molar refractivity (Wildman–Crippen MR) is 95.0 cm³/mol. The van der Waals surface area contributed by atoms with Gasteiger partial charge in [0.25, 0.3) is 5.91 Å². The van der Waals surface area contributed by atoms with E-state index in [0.29, 0.717) is 29.9 Å². The highest BCUT2D eigenvalue weighted by molar-refractivity contribution is 7.89. The van der Waals surface area contributed by atoms with Crippen molar-refractivity contribution in [2.45, 2.75) is 37.1 Å². The molecule has 142 valence electrons. The number of aromatic amines is 1. The molecule has 0 saturated carbocycles. The first-order valence-electron chi connectivity index (χ1n) is 8.50. The van der Waals surface area contributed by atoms with E-state index in [0.717, 1.165) is 12.8 Å². The molecule has 0 unspecified atom stereocenters. The fraction of sp³-hybridized carbons (Fsp3) is 0.562. The van der Waals surface area contributed by atoms with Crippen LogP contribution >= 0.6 is 0 Å². The van der Waals surface area contributed by atoms with Gasteiger partial charge in [-0.3, -0.25) is 14.6 Å². The van der Waals surface area contributed by atoms with Gasteiger partial charge in [0.05, 0.1) is 35.4 Å². The van der Waals surface area contributed by atoms with Crippen molar-refractivity contribution in [3.8, 4) is 0 Å². The highest BCUT2D eigenvalue weighted by Crippen LogP contribution is 2.36. The van der Waals surface area contributed by atoms with Gasteiger partial charge in [-0.05, 0) is 19.8 Å². The summed E-state index contributed by atoms with van der Waals surface area (Å²) in [6.07, 6.45) is 5.15. The number of hydrogen-bond donors (Lipinski definition) is 1. The first-order chi connectivity index (χ1) is 12.2. The van der Waals surface area contributed by atoms with Crippen molar-refractivity contribution < 1.29 is 13.2 Å². The molecule has 0 bridgehead atoms. The van der Waals surface area contributed by atoms with Crippen LogP contribution in [0.3, 0.4) is 0 Å². The number of carbonyl (C=O) groups excluding carboxylic acids is 1. The van der Waals surface area contributed by atoms with Crippen molar-refractivity contribution in [3.05, 3.63) is 29.3 Å². The summed E-state index contributed by atoms with van der Waals surface area (Å²) in [6, 6.07) is -0.449. The molecule has 2 aromatic heterocycles. The Morgan fingerprint density at radius 1 is 1.31 bits per heavy atom. The monoisotopic (exact) mass is 380 g/mol. The Hall–Kier alpha value is -2.20. The molecule has 9 nitrogen and oxygen atoms in total. The van der Waals surface area contributed by atoms with Crippen LogP contribution in [0.4, 0.5) is 0 Å². The van der Waals surface area contributed by atoms with Crippen LogP contribution in [-0.2, 0) is 17.1 Å². The zero-order chi connectivity index (χ0) is 19.1. The Bertz CT molecular complexity index is 914. The lowest BCUT2D eigenvalue weighted by Crippen LogP contribution is -2.39. The van der Waals surface area contributed by atoms with E-state index in [9.17, 15) is 13.2 Å². The average Bonchev–Trinajstić information content (AvgIpc) is 3.22. The topological polar surface area (TPSA) is 104 Å². The normalized spacial score (nSPS) is 18.8. The predicted octanol–water partition coefficient (Wildman–Crippen LogP) is 1.07. The molecule has 0 aliphatic carbocycles. The van der Waals surface area contributed by atoms with Gasteiger partial charge in [0.1, 0.15) is 4.90 Å². The highest BCUT2D eigenvalue weighted by atomic mass is 32.2. The van der Waals surface area contributed by atoms with E-state index in [2.05, 4.69) is 15.3 Å². The lowest BCUT2D eigenvalue weighted by atomic mass is 9.99. The fourth-order valence-electron chi connectivity index (χ4n) is 3.30. The highest BCUT2D eigenvalue weighted by Gasteiger charge is 2.38. The molecule has 0 spiro atoms. The first-order valence-corrected chi connectivity index (χ1v) is 9.94. The summed E-state index contributed by atoms with van der Waals surface area (Å²) in [4.78, 5) is 14.1. The van der Waals surface area contributed by atoms with Gasteiger partial charge < -0.3 is 4.90 Å². The molecular weight excluding hydrogens is 356 g/mol. The second-order valence-electron chi connectivity index (χ2n) is 6.74. The third-order valence-electron chi connectivity index (χ3n) is 4.87. The summed E-state index contributed by atoms with van der Waals surface area (Å²) in [5.74, 6) is -0.200. The molecule has 3 heterocycles. The summed E-state index contributed by atoms with van der Waals surface area (Å²) >= 11 is 0. The van der Waals surface area contributed by atoms with Crippen LogP contribution in [0.2, 0.25) is 0 Å². The molecule has 1 atom stereocenters.